The summed E-state index contributed by atoms with van der Waals surface area (Å²) in [5, 5.41) is 9.26. The number of hydrogen-bond acceptors (Lipinski definition) is 3. The molecule has 1 aromatic carbocycles. The quantitative estimate of drug-likeness (QED) is 0.753. The van der Waals surface area contributed by atoms with Crippen LogP contribution in [0.15, 0.2) is 18.2 Å². The van der Waals surface area contributed by atoms with Crippen LogP contribution in [0, 0.1) is 0 Å². The molecule has 14 heavy (non-hydrogen) atoms. The summed E-state index contributed by atoms with van der Waals surface area (Å²) in [5.41, 5.74) is 1.77. The van der Waals surface area contributed by atoms with Gasteiger partial charge in [0.05, 0.1) is 17.6 Å². The van der Waals surface area contributed by atoms with Crippen molar-refractivity contribution in [2.45, 2.75) is 6.54 Å². The van der Waals surface area contributed by atoms with Gasteiger partial charge in [0.15, 0.2) is 0 Å². The van der Waals surface area contributed by atoms with Gasteiger partial charge in [0.2, 0.25) is 0 Å². The Bertz CT molecular complexity index is 448. The molecule has 2 rings (SSSR count). The normalized spacial score (nSPS) is 11.4. The summed E-state index contributed by atoms with van der Waals surface area (Å²) in [6.07, 6.45) is 0. The average molecular weight is 191 g/mol. The maximum atomic E-state index is 9.26. The molecule has 0 saturated carbocycles. The Labute approximate surface area is 82.2 Å². The number of aromatic hydroxyl groups is 1. The summed E-state index contributed by atoms with van der Waals surface area (Å²) in [6, 6.07) is 5.13. The monoisotopic (exact) mass is 191 g/mol. The van der Waals surface area contributed by atoms with E-state index in [1.165, 1.54) is 0 Å². The number of rotatable bonds is 2. The topological polar surface area (TPSA) is 52.1 Å². The molecule has 74 valence electrons. The van der Waals surface area contributed by atoms with Crippen molar-refractivity contribution in [3.63, 3.8) is 0 Å². The number of nitrogens with one attached hydrogen (secondary N) is 1. The van der Waals surface area contributed by atoms with Crippen molar-refractivity contribution in [2.24, 2.45) is 0 Å². The zero-order valence-corrected chi connectivity index (χ0v) is 8.28. The van der Waals surface area contributed by atoms with E-state index in [9.17, 15) is 5.11 Å². The lowest BCUT2D eigenvalue weighted by atomic mass is 10.3. The van der Waals surface area contributed by atoms with Crippen LogP contribution in [-0.4, -0.2) is 34.1 Å². The number of imidazole rings is 1. The minimum Gasteiger partial charge on any atom is -0.508 e. The first kappa shape index (κ1) is 9.02. The largest absolute Gasteiger partial charge is 0.508 e. The van der Waals surface area contributed by atoms with E-state index in [-0.39, 0.29) is 5.75 Å². The van der Waals surface area contributed by atoms with Gasteiger partial charge in [0.25, 0.3) is 0 Å². The molecule has 0 saturated heterocycles. The predicted octanol–water partition coefficient (Wildman–Crippen LogP) is 1.33. The van der Waals surface area contributed by atoms with Gasteiger partial charge >= 0.3 is 0 Å². The first-order chi connectivity index (χ1) is 6.65. The van der Waals surface area contributed by atoms with E-state index in [4.69, 9.17) is 0 Å². The average Bonchev–Trinajstić information content (AvgIpc) is 2.44. The third-order valence-electron chi connectivity index (χ3n) is 1.98. The number of hydrogen-bond donors (Lipinski definition) is 2. The lowest BCUT2D eigenvalue weighted by molar-refractivity contribution is 0.392. The van der Waals surface area contributed by atoms with Crippen LogP contribution in [0.2, 0.25) is 0 Å². The summed E-state index contributed by atoms with van der Waals surface area (Å²) in [5.74, 6) is 1.17. The molecule has 0 aliphatic carbocycles. The molecule has 1 heterocycles. The maximum Gasteiger partial charge on any atom is 0.121 e. The van der Waals surface area contributed by atoms with Crippen molar-refractivity contribution < 1.29 is 5.11 Å². The van der Waals surface area contributed by atoms with Crippen LogP contribution in [0.5, 0.6) is 5.75 Å². The van der Waals surface area contributed by atoms with E-state index in [0.717, 1.165) is 23.4 Å². The molecule has 0 aliphatic heterocycles. The van der Waals surface area contributed by atoms with Crippen LogP contribution in [0.25, 0.3) is 11.0 Å². The van der Waals surface area contributed by atoms with Gasteiger partial charge in [-0.1, -0.05) is 0 Å². The highest BCUT2D eigenvalue weighted by atomic mass is 16.3. The van der Waals surface area contributed by atoms with Gasteiger partial charge in [-0.15, -0.1) is 0 Å². The van der Waals surface area contributed by atoms with Crippen molar-refractivity contribution in [1.82, 2.24) is 14.9 Å². The van der Waals surface area contributed by atoms with Crippen molar-refractivity contribution in [1.29, 1.82) is 0 Å². The van der Waals surface area contributed by atoms with Crippen LogP contribution in [0.4, 0.5) is 0 Å². The Morgan fingerprint density at radius 2 is 2.21 bits per heavy atom. The second-order valence-electron chi connectivity index (χ2n) is 3.62. The highest BCUT2D eigenvalue weighted by Crippen LogP contribution is 2.17. The number of aromatic nitrogens is 2. The van der Waals surface area contributed by atoms with Gasteiger partial charge in [-0.2, -0.15) is 0 Å². The molecule has 4 heteroatoms. The third kappa shape index (κ3) is 1.70. The Morgan fingerprint density at radius 1 is 1.43 bits per heavy atom. The van der Waals surface area contributed by atoms with Crippen molar-refractivity contribution >= 4 is 11.0 Å². The second kappa shape index (κ2) is 3.31. The standard InChI is InChI=1S/C10H13N3O/c1-13(2)6-10-11-8-4-3-7(14)5-9(8)12-10/h3-5,14H,6H2,1-2H3,(H,11,12). The molecule has 0 unspecified atom stereocenters. The Kier molecular flexibility index (Phi) is 2.13. The number of fused-ring (bicyclic) bond motifs is 1. The number of phenols is 1. The van der Waals surface area contributed by atoms with Crippen LogP contribution < -0.4 is 0 Å². The molecular formula is C10H13N3O. The van der Waals surface area contributed by atoms with Crippen LogP contribution in [0.3, 0.4) is 0 Å². The van der Waals surface area contributed by atoms with E-state index in [2.05, 4.69) is 9.97 Å². The number of nitrogens with zero attached hydrogens (tertiary/aromatic N) is 2. The first-order valence-corrected chi connectivity index (χ1v) is 4.47. The van der Waals surface area contributed by atoms with E-state index in [1.807, 2.05) is 19.0 Å². The van der Waals surface area contributed by atoms with Gasteiger partial charge in [-0.05, 0) is 26.2 Å². The number of H-pyrrole nitrogens is 1. The molecular weight excluding hydrogens is 178 g/mol. The lowest BCUT2D eigenvalue weighted by Crippen LogP contribution is -2.11. The van der Waals surface area contributed by atoms with Crippen molar-refractivity contribution in [2.75, 3.05) is 14.1 Å². The summed E-state index contributed by atoms with van der Waals surface area (Å²) in [6.45, 7) is 0.773. The van der Waals surface area contributed by atoms with Crippen LogP contribution >= 0.6 is 0 Å². The summed E-state index contributed by atoms with van der Waals surface area (Å²) >= 11 is 0. The highest BCUT2D eigenvalue weighted by molar-refractivity contribution is 5.76. The van der Waals surface area contributed by atoms with Gasteiger partial charge in [-0.25, -0.2) is 4.98 Å². The van der Waals surface area contributed by atoms with E-state index in [0.29, 0.717) is 0 Å². The fourth-order valence-corrected chi connectivity index (χ4v) is 1.42. The first-order valence-electron chi connectivity index (χ1n) is 4.47. The number of benzene rings is 1. The third-order valence-corrected chi connectivity index (χ3v) is 1.98. The van der Waals surface area contributed by atoms with E-state index >= 15 is 0 Å². The Morgan fingerprint density at radius 3 is 2.93 bits per heavy atom. The van der Waals surface area contributed by atoms with Crippen molar-refractivity contribution in [3.8, 4) is 5.75 Å². The predicted molar refractivity (Wildman–Crippen MR) is 55.1 cm³/mol. The summed E-state index contributed by atoms with van der Waals surface area (Å²) in [4.78, 5) is 9.58. The molecule has 4 nitrogen and oxygen atoms in total. The fraction of sp³-hybridized carbons (Fsp3) is 0.300. The Balaban J connectivity index is 2.41. The number of phenolic OH excluding ortho intramolecular Hbond substituents is 1. The molecule has 0 amide bonds. The maximum absolute atomic E-state index is 9.26. The minimum absolute atomic E-state index is 0.262. The van der Waals surface area contributed by atoms with Crippen molar-refractivity contribution in [3.05, 3.63) is 24.0 Å². The number of aromatic amines is 1. The molecule has 1 aromatic heterocycles. The molecule has 2 N–H and O–H groups in total. The van der Waals surface area contributed by atoms with E-state index < -0.39 is 0 Å². The van der Waals surface area contributed by atoms with E-state index in [1.54, 1.807) is 18.2 Å². The van der Waals surface area contributed by atoms with Gasteiger partial charge in [0.1, 0.15) is 11.6 Å². The Hall–Kier alpha value is -1.55. The minimum atomic E-state index is 0.262. The zero-order chi connectivity index (χ0) is 10.1. The molecule has 0 atom stereocenters. The molecule has 0 fully saturated rings. The molecule has 0 radical (unpaired) electrons. The lowest BCUT2D eigenvalue weighted by Gasteiger charge is -2.04. The smallest absolute Gasteiger partial charge is 0.121 e. The molecule has 0 spiro atoms. The summed E-state index contributed by atoms with van der Waals surface area (Å²) in [7, 11) is 3.98. The SMILES string of the molecule is CN(C)Cc1nc2ccc(O)cc2[nH]1. The fourth-order valence-electron chi connectivity index (χ4n) is 1.42. The van der Waals surface area contributed by atoms with Gasteiger partial charge in [-0.3, -0.25) is 0 Å². The zero-order valence-electron chi connectivity index (χ0n) is 8.28. The van der Waals surface area contributed by atoms with Crippen LogP contribution in [-0.2, 0) is 6.54 Å². The second-order valence-corrected chi connectivity index (χ2v) is 3.62. The van der Waals surface area contributed by atoms with Crippen LogP contribution in [0.1, 0.15) is 5.82 Å². The highest BCUT2D eigenvalue weighted by Gasteiger charge is 2.03. The molecule has 0 bridgehead atoms. The molecule has 0 aliphatic rings. The summed E-state index contributed by atoms with van der Waals surface area (Å²) < 4.78 is 0. The molecule has 2 aromatic rings. The van der Waals surface area contributed by atoms with Gasteiger partial charge in [0, 0.05) is 6.07 Å². The van der Waals surface area contributed by atoms with Gasteiger partial charge < -0.3 is 15.0 Å².